The molecule has 2 heterocycles. The van der Waals surface area contributed by atoms with Crippen LogP contribution < -0.4 is 0 Å². The first-order chi connectivity index (χ1) is 7.77. The number of H-pyrrole nitrogens is 1. The fourth-order valence-corrected chi connectivity index (χ4v) is 1.79. The summed E-state index contributed by atoms with van der Waals surface area (Å²) >= 11 is 0. The van der Waals surface area contributed by atoms with Gasteiger partial charge < -0.3 is 4.98 Å². The summed E-state index contributed by atoms with van der Waals surface area (Å²) < 4.78 is 0. The monoisotopic (exact) mass is 213 g/mol. The van der Waals surface area contributed by atoms with Crippen LogP contribution in [0.2, 0.25) is 0 Å². The zero-order valence-electron chi connectivity index (χ0n) is 9.78. The average molecular weight is 213 g/mol. The van der Waals surface area contributed by atoms with E-state index in [0.29, 0.717) is 0 Å². The molecule has 2 rings (SSSR count). The smallest absolute Gasteiger partial charge is 0.141 e. The normalized spacial score (nSPS) is 13.4. The number of aromatic nitrogens is 3. The molecular formula is C13H15N3. The van der Waals surface area contributed by atoms with E-state index < -0.39 is 0 Å². The predicted octanol–water partition coefficient (Wildman–Crippen LogP) is 3.33. The Morgan fingerprint density at radius 2 is 2.06 bits per heavy atom. The largest absolute Gasteiger partial charge is 0.346 e. The van der Waals surface area contributed by atoms with Crippen LogP contribution in [-0.4, -0.2) is 15.0 Å². The molecule has 0 amide bonds. The van der Waals surface area contributed by atoms with Crippen molar-refractivity contribution in [3.05, 3.63) is 42.0 Å². The summed E-state index contributed by atoms with van der Waals surface area (Å²) in [4.78, 5) is 11.7. The highest BCUT2D eigenvalue weighted by Gasteiger charge is 2.09. The molecule has 0 atom stereocenters. The van der Waals surface area contributed by atoms with Crippen molar-refractivity contribution in [2.24, 2.45) is 0 Å². The highest BCUT2D eigenvalue weighted by Crippen LogP contribution is 2.26. The van der Waals surface area contributed by atoms with Crippen molar-refractivity contribution < 1.29 is 0 Å². The van der Waals surface area contributed by atoms with Crippen LogP contribution in [0.15, 0.2) is 36.3 Å². The van der Waals surface area contributed by atoms with Gasteiger partial charge in [-0.15, -0.1) is 0 Å². The first-order valence-corrected chi connectivity index (χ1v) is 5.36. The zero-order valence-corrected chi connectivity index (χ0v) is 9.78. The molecule has 2 aromatic heterocycles. The molecule has 0 aliphatic carbocycles. The molecule has 0 fully saturated rings. The van der Waals surface area contributed by atoms with Gasteiger partial charge in [0.05, 0.1) is 5.69 Å². The van der Waals surface area contributed by atoms with Gasteiger partial charge in [-0.2, -0.15) is 0 Å². The second-order valence-corrected chi connectivity index (χ2v) is 3.64. The molecule has 2 aromatic rings. The van der Waals surface area contributed by atoms with E-state index in [0.717, 1.165) is 22.3 Å². The third kappa shape index (κ3) is 1.65. The van der Waals surface area contributed by atoms with Gasteiger partial charge in [-0.1, -0.05) is 12.2 Å². The molecular weight excluding hydrogens is 198 g/mol. The highest BCUT2D eigenvalue weighted by molar-refractivity contribution is 5.92. The van der Waals surface area contributed by atoms with Crippen molar-refractivity contribution in [3.8, 4) is 0 Å². The maximum Gasteiger partial charge on any atom is 0.141 e. The Bertz CT molecular complexity index is 561. The minimum Gasteiger partial charge on any atom is -0.346 e. The van der Waals surface area contributed by atoms with Crippen molar-refractivity contribution in [2.75, 3.05) is 0 Å². The van der Waals surface area contributed by atoms with Crippen LogP contribution in [0, 0.1) is 0 Å². The molecule has 0 aliphatic rings. The number of fused-ring (bicyclic) bond motifs is 1. The summed E-state index contributed by atoms with van der Waals surface area (Å²) in [6.45, 7) is 6.16. The Morgan fingerprint density at radius 1 is 1.25 bits per heavy atom. The number of rotatable bonds is 2. The topological polar surface area (TPSA) is 41.6 Å². The molecule has 0 saturated carbocycles. The van der Waals surface area contributed by atoms with Gasteiger partial charge in [0.1, 0.15) is 12.0 Å². The fourth-order valence-electron chi connectivity index (χ4n) is 1.79. The highest BCUT2D eigenvalue weighted by atomic mass is 14.9. The molecule has 0 spiro atoms. The SMILES string of the molecule is C/C=C(C)\C(=C/C)c1ncnc2[nH]ccc12. The lowest BCUT2D eigenvalue weighted by Crippen LogP contribution is -1.93. The second kappa shape index (κ2) is 4.31. The summed E-state index contributed by atoms with van der Waals surface area (Å²) in [5.41, 5.74) is 4.26. The number of aromatic amines is 1. The maximum atomic E-state index is 4.38. The predicted molar refractivity (Wildman–Crippen MR) is 67.0 cm³/mol. The molecule has 0 radical (unpaired) electrons. The van der Waals surface area contributed by atoms with E-state index in [-0.39, 0.29) is 0 Å². The van der Waals surface area contributed by atoms with Crippen LogP contribution in [0.1, 0.15) is 26.5 Å². The van der Waals surface area contributed by atoms with Crippen LogP contribution in [-0.2, 0) is 0 Å². The maximum absolute atomic E-state index is 4.38. The number of nitrogens with one attached hydrogen (secondary N) is 1. The Hall–Kier alpha value is -1.90. The van der Waals surface area contributed by atoms with Crippen LogP contribution in [0.4, 0.5) is 0 Å². The van der Waals surface area contributed by atoms with Gasteiger partial charge in [0, 0.05) is 11.6 Å². The first kappa shape index (κ1) is 10.6. The van der Waals surface area contributed by atoms with Crippen molar-refractivity contribution in [2.45, 2.75) is 20.8 Å². The Morgan fingerprint density at radius 3 is 2.75 bits per heavy atom. The molecule has 1 N–H and O–H groups in total. The summed E-state index contributed by atoms with van der Waals surface area (Å²) in [5.74, 6) is 0. The lowest BCUT2D eigenvalue weighted by atomic mass is 10.0. The molecule has 3 nitrogen and oxygen atoms in total. The molecule has 82 valence electrons. The minimum absolute atomic E-state index is 0.883. The van der Waals surface area contributed by atoms with Gasteiger partial charge in [-0.05, 0) is 38.0 Å². The molecule has 0 unspecified atom stereocenters. The third-order valence-electron chi connectivity index (χ3n) is 2.76. The number of nitrogens with zero attached hydrogens (tertiary/aromatic N) is 2. The van der Waals surface area contributed by atoms with Gasteiger partial charge >= 0.3 is 0 Å². The average Bonchev–Trinajstić information content (AvgIpc) is 2.78. The Balaban J connectivity index is 2.67. The van der Waals surface area contributed by atoms with E-state index >= 15 is 0 Å². The molecule has 3 heteroatoms. The zero-order chi connectivity index (χ0) is 11.5. The van der Waals surface area contributed by atoms with Crippen LogP contribution in [0.3, 0.4) is 0 Å². The van der Waals surface area contributed by atoms with E-state index in [4.69, 9.17) is 0 Å². The van der Waals surface area contributed by atoms with Crippen molar-refractivity contribution >= 4 is 16.6 Å². The van der Waals surface area contributed by atoms with Crippen LogP contribution in [0.25, 0.3) is 16.6 Å². The van der Waals surface area contributed by atoms with Crippen molar-refractivity contribution in [3.63, 3.8) is 0 Å². The van der Waals surface area contributed by atoms with Crippen molar-refractivity contribution in [1.29, 1.82) is 0 Å². The molecule has 0 aliphatic heterocycles. The third-order valence-corrected chi connectivity index (χ3v) is 2.76. The Kier molecular flexibility index (Phi) is 2.86. The summed E-state index contributed by atoms with van der Waals surface area (Å²) in [6.07, 6.45) is 7.67. The second-order valence-electron chi connectivity index (χ2n) is 3.64. The Labute approximate surface area is 94.9 Å². The molecule has 0 saturated heterocycles. The molecule has 16 heavy (non-hydrogen) atoms. The van der Waals surface area contributed by atoms with E-state index in [2.05, 4.69) is 34.0 Å². The lowest BCUT2D eigenvalue weighted by molar-refractivity contribution is 1.17. The van der Waals surface area contributed by atoms with Crippen LogP contribution >= 0.6 is 0 Å². The quantitative estimate of drug-likeness (QED) is 0.777. The van der Waals surface area contributed by atoms with Gasteiger partial charge in [-0.3, -0.25) is 0 Å². The van der Waals surface area contributed by atoms with Crippen molar-refractivity contribution in [1.82, 2.24) is 15.0 Å². The minimum atomic E-state index is 0.883. The summed E-state index contributed by atoms with van der Waals surface area (Å²) in [6, 6.07) is 2.01. The van der Waals surface area contributed by atoms with Gasteiger partial charge in [0.25, 0.3) is 0 Å². The first-order valence-electron chi connectivity index (χ1n) is 5.36. The number of allylic oxidation sites excluding steroid dienone is 4. The summed E-state index contributed by atoms with van der Waals surface area (Å²) in [7, 11) is 0. The van der Waals surface area contributed by atoms with Gasteiger partial charge in [-0.25, -0.2) is 9.97 Å². The lowest BCUT2D eigenvalue weighted by Gasteiger charge is -2.07. The summed E-state index contributed by atoms with van der Waals surface area (Å²) in [5, 5.41) is 1.07. The van der Waals surface area contributed by atoms with E-state index in [1.165, 1.54) is 5.57 Å². The standard InChI is InChI=1S/C13H15N3/c1-4-9(3)10(5-2)12-11-6-7-14-13(11)16-8-15-12/h4-8H,1-3H3,(H,14,15,16)/b9-4-,10-5+. The van der Waals surface area contributed by atoms with E-state index in [1.54, 1.807) is 6.33 Å². The van der Waals surface area contributed by atoms with E-state index in [9.17, 15) is 0 Å². The fraction of sp³-hybridized carbons (Fsp3) is 0.231. The van der Waals surface area contributed by atoms with Crippen LogP contribution in [0.5, 0.6) is 0 Å². The molecule has 0 aromatic carbocycles. The number of hydrogen-bond donors (Lipinski definition) is 1. The van der Waals surface area contributed by atoms with Gasteiger partial charge in [0.2, 0.25) is 0 Å². The molecule has 0 bridgehead atoms. The van der Waals surface area contributed by atoms with Gasteiger partial charge in [0.15, 0.2) is 0 Å². The number of hydrogen-bond acceptors (Lipinski definition) is 2. The van der Waals surface area contributed by atoms with E-state index in [1.807, 2.05) is 26.1 Å².